The minimum absolute atomic E-state index is 0.0972. The molecule has 1 aromatic carbocycles. The molecule has 0 aliphatic rings. The van der Waals surface area contributed by atoms with E-state index in [2.05, 4.69) is 20.7 Å². The number of ether oxygens (including phenoxy) is 1. The smallest absolute Gasteiger partial charge is 0.417 e. The normalized spacial score (nSPS) is 11.3. The first-order chi connectivity index (χ1) is 7.27. The molecular weight excluding hydrogens is 291 g/mol. The maximum absolute atomic E-state index is 12.6. The van der Waals surface area contributed by atoms with Gasteiger partial charge in [-0.05, 0) is 28.1 Å². The van der Waals surface area contributed by atoms with Crippen molar-refractivity contribution in [3.05, 3.63) is 27.7 Å². The minimum atomic E-state index is -4.65. The van der Waals surface area contributed by atoms with E-state index < -0.39 is 23.3 Å². The predicted octanol–water partition coefficient (Wildman–Crippen LogP) is 2.84. The molecule has 88 valence electrons. The van der Waals surface area contributed by atoms with E-state index >= 15 is 0 Å². The minimum Gasteiger partial charge on any atom is -0.465 e. The van der Waals surface area contributed by atoms with Gasteiger partial charge in [-0.1, -0.05) is 0 Å². The summed E-state index contributed by atoms with van der Waals surface area (Å²) in [5.41, 5.74) is 3.55. The monoisotopic (exact) mass is 297 g/mol. The van der Waals surface area contributed by atoms with E-state index in [0.717, 1.165) is 13.2 Å². The van der Waals surface area contributed by atoms with Gasteiger partial charge in [0.25, 0.3) is 0 Å². The van der Waals surface area contributed by atoms with Crippen molar-refractivity contribution in [2.45, 2.75) is 6.18 Å². The zero-order valence-electron chi connectivity index (χ0n) is 8.06. The number of hydrogen-bond donors (Lipinski definition) is 1. The van der Waals surface area contributed by atoms with Gasteiger partial charge in [0.1, 0.15) is 0 Å². The molecule has 0 radical (unpaired) electrons. The van der Waals surface area contributed by atoms with Gasteiger partial charge in [0, 0.05) is 10.2 Å². The van der Waals surface area contributed by atoms with Crippen molar-refractivity contribution in [1.29, 1.82) is 0 Å². The molecule has 0 unspecified atom stereocenters. The number of carbonyl (C=O) groups excluding carboxylic acids is 1. The highest BCUT2D eigenvalue weighted by molar-refractivity contribution is 9.10. The van der Waals surface area contributed by atoms with Crippen molar-refractivity contribution in [1.82, 2.24) is 0 Å². The summed E-state index contributed by atoms with van der Waals surface area (Å²) in [7, 11) is 1.01. The van der Waals surface area contributed by atoms with Crippen molar-refractivity contribution in [3.63, 3.8) is 0 Å². The average molecular weight is 298 g/mol. The summed E-state index contributed by atoms with van der Waals surface area (Å²) in [5.74, 6) is -1.06. The van der Waals surface area contributed by atoms with Crippen LogP contribution in [0.15, 0.2) is 16.6 Å². The molecular formula is C9H7BrF3NO2. The standard InChI is InChI=1S/C9H7BrF3NO2/c1-16-8(15)4-2-6(10)7(14)3-5(4)9(11,12)13/h2-3H,14H2,1H3. The van der Waals surface area contributed by atoms with Gasteiger partial charge >= 0.3 is 12.1 Å². The number of rotatable bonds is 1. The summed E-state index contributed by atoms with van der Waals surface area (Å²) in [5, 5.41) is 0. The number of nitrogen functional groups attached to an aromatic ring is 1. The Morgan fingerprint density at radius 2 is 2.00 bits per heavy atom. The number of methoxy groups -OCH3 is 1. The van der Waals surface area contributed by atoms with E-state index in [-0.39, 0.29) is 10.2 Å². The van der Waals surface area contributed by atoms with Gasteiger partial charge in [0.2, 0.25) is 0 Å². The van der Waals surface area contributed by atoms with Crippen LogP contribution in [0.3, 0.4) is 0 Å². The first kappa shape index (κ1) is 12.8. The molecule has 0 fully saturated rings. The quantitative estimate of drug-likeness (QED) is 0.640. The lowest BCUT2D eigenvalue weighted by atomic mass is 10.1. The van der Waals surface area contributed by atoms with Crippen LogP contribution >= 0.6 is 15.9 Å². The molecule has 1 rings (SSSR count). The maximum Gasteiger partial charge on any atom is 0.417 e. The lowest BCUT2D eigenvalue weighted by Gasteiger charge is -2.13. The summed E-state index contributed by atoms with van der Waals surface area (Å²) >= 11 is 2.94. The number of esters is 1. The van der Waals surface area contributed by atoms with Crippen LogP contribution in [-0.4, -0.2) is 13.1 Å². The van der Waals surface area contributed by atoms with Gasteiger partial charge in [-0.25, -0.2) is 4.79 Å². The number of halogens is 4. The van der Waals surface area contributed by atoms with Gasteiger partial charge in [0.15, 0.2) is 0 Å². The molecule has 7 heteroatoms. The predicted molar refractivity (Wildman–Crippen MR) is 54.9 cm³/mol. The lowest BCUT2D eigenvalue weighted by molar-refractivity contribution is -0.138. The Labute approximate surface area is 97.5 Å². The first-order valence-electron chi connectivity index (χ1n) is 4.02. The van der Waals surface area contributed by atoms with Crippen LogP contribution in [0.5, 0.6) is 0 Å². The molecule has 16 heavy (non-hydrogen) atoms. The highest BCUT2D eigenvalue weighted by atomic mass is 79.9. The number of alkyl halides is 3. The van der Waals surface area contributed by atoms with Crippen LogP contribution in [0.2, 0.25) is 0 Å². The fourth-order valence-corrected chi connectivity index (χ4v) is 1.45. The van der Waals surface area contributed by atoms with Crippen LogP contribution in [0.25, 0.3) is 0 Å². The van der Waals surface area contributed by atoms with E-state index in [9.17, 15) is 18.0 Å². The van der Waals surface area contributed by atoms with Gasteiger partial charge in [-0.2, -0.15) is 13.2 Å². The number of benzene rings is 1. The first-order valence-corrected chi connectivity index (χ1v) is 4.81. The number of anilines is 1. The SMILES string of the molecule is COC(=O)c1cc(Br)c(N)cc1C(F)(F)F. The van der Waals surface area contributed by atoms with Crippen LogP contribution < -0.4 is 5.73 Å². The Bertz CT molecular complexity index is 431. The molecule has 0 amide bonds. The van der Waals surface area contributed by atoms with Gasteiger partial charge < -0.3 is 10.5 Å². The fraction of sp³-hybridized carbons (Fsp3) is 0.222. The van der Waals surface area contributed by atoms with Gasteiger partial charge in [-0.15, -0.1) is 0 Å². The molecule has 3 nitrogen and oxygen atoms in total. The largest absolute Gasteiger partial charge is 0.465 e. The average Bonchev–Trinajstić information content (AvgIpc) is 2.18. The van der Waals surface area contributed by atoms with Gasteiger partial charge in [-0.3, -0.25) is 0 Å². The zero-order valence-corrected chi connectivity index (χ0v) is 9.65. The third-order valence-electron chi connectivity index (χ3n) is 1.85. The van der Waals surface area contributed by atoms with Crippen molar-refractivity contribution < 1.29 is 22.7 Å². The summed E-state index contributed by atoms with van der Waals surface area (Å²) in [4.78, 5) is 11.2. The van der Waals surface area contributed by atoms with Crippen LogP contribution in [0.4, 0.5) is 18.9 Å². The molecule has 0 saturated heterocycles. The second-order valence-corrected chi connectivity index (χ2v) is 3.76. The topological polar surface area (TPSA) is 52.3 Å². The Balaban J connectivity index is 3.45. The Morgan fingerprint density at radius 1 is 1.44 bits per heavy atom. The summed E-state index contributed by atoms with van der Waals surface area (Å²) in [6.07, 6.45) is -4.65. The van der Waals surface area contributed by atoms with Crippen molar-refractivity contribution in [2.24, 2.45) is 0 Å². The Kier molecular flexibility index (Phi) is 3.47. The number of nitrogens with two attached hydrogens (primary N) is 1. The molecule has 0 saturated carbocycles. The molecule has 0 aliphatic carbocycles. The highest BCUT2D eigenvalue weighted by Gasteiger charge is 2.36. The molecule has 0 atom stereocenters. The second kappa shape index (κ2) is 4.32. The van der Waals surface area contributed by atoms with Crippen molar-refractivity contribution >= 4 is 27.6 Å². The van der Waals surface area contributed by atoms with Crippen molar-refractivity contribution in [3.8, 4) is 0 Å². The number of hydrogen-bond acceptors (Lipinski definition) is 3. The van der Waals surface area contributed by atoms with E-state index in [1.165, 1.54) is 0 Å². The van der Waals surface area contributed by atoms with E-state index in [0.29, 0.717) is 6.07 Å². The van der Waals surface area contributed by atoms with E-state index in [1.807, 2.05) is 0 Å². The third kappa shape index (κ3) is 2.46. The molecule has 0 spiro atoms. The Hall–Kier alpha value is -1.24. The molecule has 0 heterocycles. The molecule has 1 aromatic rings. The Morgan fingerprint density at radius 3 is 2.44 bits per heavy atom. The second-order valence-electron chi connectivity index (χ2n) is 2.91. The third-order valence-corrected chi connectivity index (χ3v) is 2.53. The zero-order chi connectivity index (χ0) is 12.5. The molecule has 0 aliphatic heterocycles. The maximum atomic E-state index is 12.6. The van der Waals surface area contributed by atoms with Gasteiger partial charge in [0.05, 0.1) is 18.2 Å². The lowest BCUT2D eigenvalue weighted by Crippen LogP contribution is -2.15. The number of carbonyl (C=O) groups is 1. The molecule has 0 aromatic heterocycles. The van der Waals surface area contributed by atoms with Crippen molar-refractivity contribution in [2.75, 3.05) is 12.8 Å². The summed E-state index contributed by atoms with van der Waals surface area (Å²) < 4.78 is 42.2. The van der Waals surface area contributed by atoms with E-state index in [4.69, 9.17) is 5.73 Å². The fourth-order valence-electron chi connectivity index (χ4n) is 1.10. The highest BCUT2D eigenvalue weighted by Crippen LogP contribution is 2.36. The van der Waals surface area contributed by atoms with Crippen LogP contribution in [-0.2, 0) is 10.9 Å². The summed E-state index contributed by atoms with van der Waals surface area (Å²) in [6.45, 7) is 0. The summed E-state index contributed by atoms with van der Waals surface area (Å²) in [6, 6.07) is 1.68. The molecule has 0 bridgehead atoms. The van der Waals surface area contributed by atoms with Crippen LogP contribution in [0, 0.1) is 0 Å². The van der Waals surface area contributed by atoms with Crippen LogP contribution in [0.1, 0.15) is 15.9 Å². The molecule has 2 N–H and O–H groups in total. The van der Waals surface area contributed by atoms with E-state index in [1.54, 1.807) is 0 Å².